The van der Waals surface area contributed by atoms with Crippen LogP contribution in [0.1, 0.15) is 30.1 Å². The molecule has 2 amide bonds. The van der Waals surface area contributed by atoms with E-state index in [-0.39, 0.29) is 18.9 Å². The van der Waals surface area contributed by atoms with Crippen LogP contribution in [0.2, 0.25) is 0 Å². The van der Waals surface area contributed by atoms with Crippen LogP contribution in [0.3, 0.4) is 0 Å². The number of ether oxygens (including phenoxy) is 2. The van der Waals surface area contributed by atoms with Crippen molar-refractivity contribution in [2.75, 3.05) is 30.0 Å². The van der Waals surface area contributed by atoms with Gasteiger partial charge in [-0.05, 0) is 42.1 Å². The lowest BCUT2D eigenvalue weighted by atomic mass is 10.1. The van der Waals surface area contributed by atoms with Crippen LogP contribution in [0.25, 0.3) is 10.8 Å². The van der Waals surface area contributed by atoms with E-state index in [1.54, 1.807) is 30.3 Å². The average Bonchev–Trinajstić information content (AvgIpc) is 3.27. The van der Waals surface area contributed by atoms with E-state index in [2.05, 4.69) is 5.32 Å². The van der Waals surface area contributed by atoms with Crippen LogP contribution in [0.15, 0.2) is 66.7 Å². The largest absolute Gasteiger partial charge is 0.462 e. The third-order valence-electron chi connectivity index (χ3n) is 5.72. The molecule has 1 aliphatic heterocycles. The molecule has 3 aromatic rings. The first kappa shape index (κ1) is 23.9. The molecule has 1 aliphatic rings. The molecule has 1 atom stereocenters. The Labute approximate surface area is 202 Å². The van der Waals surface area contributed by atoms with Gasteiger partial charge >= 0.3 is 11.9 Å². The minimum atomic E-state index is -0.679. The standard InChI is InChI=1S/C27H26N2O6/c1-2-14-34-26(32)19-10-12-21(13-11-19)29-16-20(15-25(29)31)27(33)35-17-24(30)28-23-9-5-7-18-6-3-4-8-22(18)23/h3-13,20H,2,14-17H2,1H3,(H,28,30)/t20-/m0/s1. The Hall–Kier alpha value is -4.20. The van der Waals surface area contributed by atoms with Gasteiger partial charge in [0.25, 0.3) is 5.91 Å². The van der Waals surface area contributed by atoms with Gasteiger partial charge in [-0.1, -0.05) is 43.3 Å². The van der Waals surface area contributed by atoms with Crippen molar-refractivity contribution in [3.63, 3.8) is 0 Å². The Morgan fingerprint density at radius 2 is 1.71 bits per heavy atom. The lowest BCUT2D eigenvalue weighted by molar-refractivity contribution is -0.151. The molecule has 8 heteroatoms. The predicted molar refractivity (Wildman–Crippen MR) is 131 cm³/mol. The minimum absolute atomic E-state index is 0.00985. The number of benzene rings is 3. The minimum Gasteiger partial charge on any atom is -0.462 e. The summed E-state index contributed by atoms with van der Waals surface area (Å²) >= 11 is 0. The first-order valence-electron chi connectivity index (χ1n) is 11.5. The van der Waals surface area contributed by atoms with Gasteiger partial charge in [-0.3, -0.25) is 14.4 Å². The smallest absolute Gasteiger partial charge is 0.338 e. The van der Waals surface area contributed by atoms with Crippen LogP contribution in [-0.2, 0) is 23.9 Å². The molecule has 35 heavy (non-hydrogen) atoms. The summed E-state index contributed by atoms with van der Waals surface area (Å²) in [5, 5.41) is 4.64. The highest BCUT2D eigenvalue weighted by Gasteiger charge is 2.36. The molecule has 1 saturated heterocycles. The Morgan fingerprint density at radius 3 is 2.49 bits per heavy atom. The molecule has 0 aromatic heterocycles. The zero-order valence-corrected chi connectivity index (χ0v) is 19.4. The molecule has 180 valence electrons. The SMILES string of the molecule is CCCOC(=O)c1ccc(N2C[C@@H](C(=O)OCC(=O)Nc3cccc4ccccc34)CC2=O)cc1. The Morgan fingerprint density at radius 1 is 0.971 bits per heavy atom. The highest BCUT2D eigenvalue weighted by atomic mass is 16.5. The molecule has 1 fully saturated rings. The van der Waals surface area contributed by atoms with Crippen LogP contribution >= 0.6 is 0 Å². The van der Waals surface area contributed by atoms with Crippen LogP contribution < -0.4 is 10.2 Å². The normalized spacial score (nSPS) is 15.2. The molecule has 1 N–H and O–H groups in total. The van der Waals surface area contributed by atoms with Crippen molar-refractivity contribution in [3.05, 3.63) is 72.3 Å². The maximum atomic E-state index is 12.5. The van der Waals surface area contributed by atoms with Gasteiger partial charge in [0.05, 0.1) is 18.1 Å². The van der Waals surface area contributed by atoms with Gasteiger partial charge in [0.1, 0.15) is 0 Å². The number of amides is 2. The molecule has 8 nitrogen and oxygen atoms in total. The van der Waals surface area contributed by atoms with Gasteiger partial charge in [0.2, 0.25) is 5.91 Å². The van der Waals surface area contributed by atoms with Gasteiger partial charge in [-0.25, -0.2) is 4.79 Å². The van der Waals surface area contributed by atoms with Crippen molar-refractivity contribution < 1.29 is 28.7 Å². The molecule has 0 aliphatic carbocycles. The number of carbonyl (C=O) groups is 4. The number of hydrogen-bond donors (Lipinski definition) is 1. The molecule has 0 saturated carbocycles. The molecule has 0 unspecified atom stereocenters. The third kappa shape index (κ3) is 5.66. The van der Waals surface area contributed by atoms with E-state index < -0.39 is 30.4 Å². The number of hydrogen-bond acceptors (Lipinski definition) is 6. The van der Waals surface area contributed by atoms with Crippen molar-refractivity contribution in [2.24, 2.45) is 5.92 Å². The molecule has 0 spiro atoms. The number of nitrogens with one attached hydrogen (secondary N) is 1. The number of esters is 2. The molecule has 0 bridgehead atoms. The molecule has 1 heterocycles. The second kappa shape index (κ2) is 10.8. The first-order chi connectivity index (χ1) is 17.0. The Bertz CT molecular complexity index is 1250. The number of anilines is 2. The van der Waals surface area contributed by atoms with E-state index in [1.165, 1.54) is 4.90 Å². The van der Waals surface area contributed by atoms with Crippen LogP contribution in [0, 0.1) is 5.92 Å². The van der Waals surface area contributed by atoms with Crippen molar-refractivity contribution in [3.8, 4) is 0 Å². The lowest BCUT2D eigenvalue weighted by Gasteiger charge is -2.17. The zero-order chi connectivity index (χ0) is 24.8. The molecule has 4 rings (SSSR count). The summed E-state index contributed by atoms with van der Waals surface area (Å²) in [7, 11) is 0. The fourth-order valence-corrected chi connectivity index (χ4v) is 3.95. The topological polar surface area (TPSA) is 102 Å². The van der Waals surface area contributed by atoms with Crippen LogP contribution in [0.5, 0.6) is 0 Å². The van der Waals surface area contributed by atoms with Gasteiger partial charge in [0.15, 0.2) is 6.61 Å². The van der Waals surface area contributed by atoms with Crippen molar-refractivity contribution >= 4 is 45.9 Å². The second-order valence-electron chi connectivity index (χ2n) is 8.27. The first-order valence-corrected chi connectivity index (χ1v) is 11.5. The van der Waals surface area contributed by atoms with E-state index in [9.17, 15) is 19.2 Å². The van der Waals surface area contributed by atoms with Gasteiger partial charge in [-0.2, -0.15) is 0 Å². The summed E-state index contributed by atoms with van der Waals surface area (Å²) in [5.74, 6) is -2.39. The predicted octanol–water partition coefficient (Wildman–Crippen LogP) is 3.94. The van der Waals surface area contributed by atoms with E-state index >= 15 is 0 Å². The van der Waals surface area contributed by atoms with Gasteiger partial charge < -0.3 is 19.7 Å². The van der Waals surface area contributed by atoms with Crippen molar-refractivity contribution in [1.82, 2.24) is 0 Å². The highest BCUT2D eigenvalue weighted by molar-refractivity contribution is 6.03. The van der Waals surface area contributed by atoms with Crippen LogP contribution in [0.4, 0.5) is 11.4 Å². The quantitative estimate of drug-likeness (QED) is 0.496. The summed E-state index contributed by atoms with van der Waals surface area (Å²) in [5.41, 5.74) is 1.60. The fraction of sp³-hybridized carbons (Fsp3) is 0.259. The fourth-order valence-electron chi connectivity index (χ4n) is 3.95. The Kier molecular flexibility index (Phi) is 7.40. The number of carbonyl (C=O) groups excluding carboxylic acids is 4. The van der Waals surface area contributed by atoms with E-state index in [4.69, 9.17) is 9.47 Å². The molecular weight excluding hydrogens is 448 g/mol. The summed E-state index contributed by atoms with van der Waals surface area (Å²) in [6.45, 7) is 1.95. The number of fused-ring (bicyclic) bond motifs is 1. The molecular formula is C27H26N2O6. The summed E-state index contributed by atoms with van der Waals surface area (Å²) < 4.78 is 10.3. The summed E-state index contributed by atoms with van der Waals surface area (Å²) in [4.78, 5) is 50.8. The highest BCUT2D eigenvalue weighted by Crippen LogP contribution is 2.27. The maximum absolute atomic E-state index is 12.5. The van der Waals surface area contributed by atoms with Crippen molar-refractivity contribution in [1.29, 1.82) is 0 Å². The van der Waals surface area contributed by atoms with Gasteiger partial charge in [0, 0.05) is 29.7 Å². The summed E-state index contributed by atoms with van der Waals surface area (Å²) in [6, 6.07) is 19.7. The molecule has 3 aromatic carbocycles. The van der Waals surface area contributed by atoms with Gasteiger partial charge in [-0.15, -0.1) is 0 Å². The maximum Gasteiger partial charge on any atom is 0.338 e. The van der Waals surface area contributed by atoms with Crippen LogP contribution in [-0.4, -0.2) is 43.5 Å². The monoisotopic (exact) mass is 474 g/mol. The zero-order valence-electron chi connectivity index (χ0n) is 19.4. The number of rotatable bonds is 8. The van der Waals surface area contributed by atoms with E-state index in [0.717, 1.165) is 17.2 Å². The van der Waals surface area contributed by atoms with Crippen molar-refractivity contribution in [2.45, 2.75) is 19.8 Å². The van der Waals surface area contributed by atoms with E-state index in [0.29, 0.717) is 23.5 Å². The number of nitrogens with zero attached hydrogens (tertiary/aromatic N) is 1. The lowest BCUT2D eigenvalue weighted by Crippen LogP contribution is -2.28. The van der Waals surface area contributed by atoms with E-state index in [1.807, 2.05) is 43.3 Å². The average molecular weight is 475 g/mol. The third-order valence-corrected chi connectivity index (χ3v) is 5.72. The summed E-state index contributed by atoms with van der Waals surface area (Å²) in [6.07, 6.45) is 0.721. The molecule has 0 radical (unpaired) electrons. The Balaban J connectivity index is 1.31. The second-order valence-corrected chi connectivity index (χ2v) is 8.27.